The summed E-state index contributed by atoms with van der Waals surface area (Å²) in [5, 5.41) is 0. The van der Waals surface area contributed by atoms with E-state index in [0.29, 0.717) is 11.7 Å². The van der Waals surface area contributed by atoms with Gasteiger partial charge in [0.05, 0.1) is 0 Å². The van der Waals surface area contributed by atoms with Gasteiger partial charge in [0.2, 0.25) is 0 Å². The van der Waals surface area contributed by atoms with Gasteiger partial charge in [-0.1, -0.05) is 6.92 Å². The van der Waals surface area contributed by atoms with Gasteiger partial charge in [0, 0.05) is 30.9 Å². The SMILES string of the molecule is CCC12CCC3=C([C@H](C)Oc4cc(OC(C)=O)ccc43)[C@@H]1CC[C@@H]2OC(C)=O. The zero-order valence-electron chi connectivity index (χ0n) is 17.0. The molecule has 0 N–H and O–H groups in total. The Labute approximate surface area is 166 Å². The molecule has 1 aromatic rings. The van der Waals surface area contributed by atoms with E-state index in [1.165, 1.54) is 25.0 Å². The second-order valence-corrected chi connectivity index (χ2v) is 8.26. The maximum atomic E-state index is 11.7. The Morgan fingerprint density at radius 3 is 2.68 bits per heavy atom. The maximum absolute atomic E-state index is 11.7. The molecular formula is C23H28O5. The van der Waals surface area contributed by atoms with Crippen LogP contribution in [0.2, 0.25) is 0 Å². The molecule has 0 bridgehead atoms. The van der Waals surface area contributed by atoms with Crippen LogP contribution in [-0.2, 0) is 14.3 Å². The lowest BCUT2D eigenvalue weighted by molar-refractivity contribution is -0.153. The Hall–Kier alpha value is -2.30. The third kappa shape index (κ3) is 2.92. The van der Waals surface area contributed by atoms with Gasteiger partial charge in [-0.15, -0.1) is 0 Å². The van der Waals surface area contributed by atoms with E-state index in [2.05, 4.69) is 13.8 Å². The summed E-state index contributed by atoms with van der Waals surface area (Å²) in [7, 11) is 0. The third-order valence-electron chi connectivity index (χ3n) is 6.87. The van der Waals surface area contributed by atoms with Crippen molar-refractivity contribution in [2.75, 3.05) is 0 Å². The number of ether oxygens (including phenoxy) is 3. The molecule has 0 radical (unpaired) electrons. The van der Waals surface area contributed by atoms with E-state index in [9.17, 15) is 9.59 Å². The molecule has 0 spiro atoms. The van der Waals surface area contributed by atoms with Gasteiger partial charge in [0.25, 0.3) is 0 Å². The number of allylic oxidation sites excluding steroid dienone is 1. The molecule has 150 valence electrons. The fraction of sp³-hybridized carbons (Fsp3) is 0.565. The van der Waals surface area contributed by atoms with Crippen molar-refractivity contribution in [3.63, 3.8) is 0 Å². The lowest BCUT2D eigenvalue weighted by Gasteiger charge is -2.47. The Balaban J connectivity index is 1.74. The fourth-order valence-electron chi connectivity index (χ4n) is 5.81. The van der Waals surface area contributed by atoms with Crippen LogP contribution in [0.4, 0.5) is 0 Å². The predicted molar refractivity (Wildman–Crippen MR) is 105 cm³/mol. The van der Waals surface area contributed by atoms with Gasteiger partial charge in [-0.25, -0.2) is 0 Å². The van der Waals surface area contributed by atoms with Crippen LogP contribution >= 0.6 is 0 Å². The second-order valence-electron chi connectivity index (χ2n) is 8.26. The van der Waals surface area contributed by atoms with Gasteiger partial charge in [-0.05, 0) is 68.2 Å². The van der Waals surface area contributed by atoms with Crippen molar-refractivity contribution in [2.45, 2.75) is 72.0 Å². The summed E-state index contributed by atoms with van der Waals surface area (Å²) in [6, 6.07) is 5.66. The molecule has 1 aliphatic heterocycles. The fourth-order valence-corrected chi connectivity index (χ4v) is 5.81. The number of hydrogen-bond acceptors (Lipinski definition) is 5. The molecule has 28 heavy (non-hydrogen) atoms. The Morgan fingerprint density at radius 2 is 2.00 bits per heavy atom. The molecule has 0 amide bonds. The van der Waals surface area contributed by atoms with Gasteiger partial charge < -0.3 is 14.2 Å². The van der Waals surface area contributed by atoms with Gasteiger partial charge >= 0.3 is 11.9 Å². The van der Waals surface area contributed by atoms with Crippen molar-refractivity contribution in [1.29, 1.82) is 0 Å². The molecule has 4 atom stereocenters. The van der Waals surface area contributed by atoms with Crippen molar-refractivity contribution >= 4 is 17.5 Å². The van der Waals surface area contributed by atoms with Gasteiger partial charge in [0.1, 0.15) is 23.7 Å². The minimum atomic E-state index is -0.337. The lowest BCUT2D eigenvalue weighted by Crippen LogP contribution is -2.43. The minimum absolute atomic E-state index is 0.00557. The van der Waals surface area contributed by atoms with Crippen LogP contribution in [0, 0.1) is 11.3 Å². The van der Waals surface area contributed by atoms with Crippen molar-refractivity contribution in [3.8, 4) is 11.5 Å². The number of fused-ring (bicyclic) bond motifs is 4. The highest BCUT2D eigenvalue weighted by Gasteiger charge is 2.55. The first-order valence-corrected chi connectivity index (χ1v) is 10.3. The Morgan fingerprint density at radius 1 is 1.21 bits per heavy atom. The van der Waals surface area contributed by atoms with Crippen LogP contribution in [0.3, 0.4) is 0 Å². The number of hydrogen-bond donors (Lipinski definition) is 0. The normalized spacial score (nSPS) is 30.6. The van der Waals surface area contributed by atoms with Crippen molar-refractivity contribution in [3.05, 3.63) is 29.3 Å². The molecule has 1 fully saturated rings. The molecule has 0 aromatic heterocycles. The molecule has 0 saturated heterocycles. The summed E-state index contributed by atoms with van der Waals surface area (Å²) < 4.78 is 17.3. The first kappa shape index (κ1) is 19.0. The molecular weight excluding hydrogens is 356 g/mol. The van der Waals surface area contributed by atoms with E-state index >= 15 is 0 Å². The van der Waals surface area contributed by atoms with Gasteiger partial charge in [0.15, 0.2) is 0 Å². The third-order valence-corrected chi connectivity index (χ3v) is 6.87. The molecule has 1 unspecified atom stereocenters. The molecule has 4 rings (SSSR count). The highest BCUT2D eigenvalue weighted by Crippen LogP contribution is 2.61. The average molecular weight is 384 g/mol. The second kappa shape index (κ2) is 6.94. The monoisotopic (exact) mass is 384 g/mol. The first-order valence-electron chi connectivity index (χ1n) is 10.3. The molecule has 1 heterocycles. The number of carbonyl (C=O) groups is 2. The number of rotatable bonds is 3. The van der Waals surface area contributed by atoms with E-state index in [-0.39, 0.29) is 29.6 Å². The van der Waals surface area contributed by atoms with Crippen molar-refractivity contribution < 1.29 is 23.8 Å². The smallest absolute Gasteiger partial charge is 0.308 e. The zero-order chi connectivity index (χ0) is 20.1. The predicted octanol–water partition coefficient (Wildman–Crippen LogP) is 4.68. The molecule has 5 nitrogen and oxygen atoms in total. The number of carbonyl (C=O) groups excluding carboxylic acids is 2. The van der Waals surface area contributed by atoms with Gasteiger partial charge in [-0.3, -0.25) is 9.59 Å². The molecule has 2 aliphatic carbocycles. The molecule has 1 saturated carbocycles. The van der Waals surface area contributed by atoms with Crippen LogP contribution in [0.1, 0.15) is 65.4 Å². The summed E-state index contributed by atoms with van der Waals surface area (Å²) in [4.78, 5) is 22.9. The summed E-state index contributed by atoms with van der Waals surface area (Å²) in [5.74, 6) is 1.15. The summed E-state index contributed by atoms with van der Waals surface area (Å²) in [5.41, 5.74) is 3.85. The Kier molecular flexibility index (Phi) is 4.72. The van der Waals surface area contributed by atoms with Crippen LogP contribution in [0.25, 0.3) is 5.57 Å². The highest BCUT2D eigenvalue weighted by molar-refractivity contribution is 5.78. The van der Waals surface area contributed by atoms with Crippen LogP contribution < -0.4 is 9.47 Å². The highest BCUT2D eigenvalue weighted by atomic mass is 16.5. The summed E-state index contributed by atoms with van der Waals surface area (Å²) >= 11 is 0. The maximum Gasteiger partial charge on any atom is 0.308 e. The zero-order valence-corrected chi connectivity index (χ0v) is 17.0. The largest absolute Gasteiger partial charge is 0.486 e. The van der Waals surface area contributed by atoms with E-state index < -0.39 is 0 Å². The summed E-state index contributed by atoms with van der Waals surface area (Å²) in [6.45, 7) is 7.22. The van der Waals surface area contributed by atoms with Crippen LogP contribution in [0.5, 0.6) is 11.5 Å². The van der Waals surface area contributed by atoms with Gasteiger partial charge in [-0.2, -0.15) is 0 Å². The average Bonchev–Trinajstić information content (AvgIpc) is 2.99. The van der Waals surface area contributed by atoms with E-state index in [0.717, 1.165) is 43.4 Å². The minimum Gasteiger partial charge on any atom is -0.486 e. The molecule has 5 heteroatoms. The first-order chi connectivity index (χ1) is 13.4. The quantitative estimate of drug-likeness (QED) is 0.559. The van der Waals surface area contributed by atoms with Crippen LogP contribution in [0.15, 0.2) is 23.8 Å². The van der Waals surface area contributed by atoms with Crippen molar-refractivity contribution in [2.24, 2.45) is 11.3 Å². The number of esters is 2. The molecule has 1 aromatic carbocycles. The van der Waals surface area contributed by atoms with E-state index in [1.807, 2.05) is 18.2 Å². The van der Waals surface area contributed by atoms with E-state index in [1.54, 1.807) is 0 Å². The van der Waals surface area contributed by atoms with Crippen molar-refractivity contribution in [1.82, 2.24) is 0 Å². The summed E-state index contributed by atoms with van der Waals surface area (Å²) in [6.07, 6.45) is 4.86. The molecule has 3 aliphatic rings. The topological polar surface area (TPSA) is 61.8 Å². The Bertz CT molecular complexity index is 855. The van der Waals surface area contributed by atoms with Crippen LogP contribution in [-0.4, -0.2) is 24.1 Å². The number of benzene rings is 1. The lowest BCUT2D eigenvalue weighted by atomic mass is 9.61. The van der Waals surface area contributed by atoms with E-state index in [4.69, 9.17) is 14.2 Å². The standard InChI is InChI=1S/C23H28O5/c1-5-23-11-10-18-17-7-6-16(27-14(3)24)12-20(17)26-13(2)22(18)19(23)8-9-21(23)28-15(4)25/h6-7,12-13,19,21H,5,8-11H2,1-4H3/t13-,19-,21-,23?/m0/s1.